The summed E-state index contributed by atoms with van der Waals surface area (Å²) in [6, 6.07) is 7.64. The zero-order valence-electron chi connectivity index (χ0n) is 11.1. The minimum Gasteiger partial charge on any atom is -0.465 e. The van der Waals surface area contributed by atoms with E-state index < -0.39 is 0 Å². The first-order valence-corrected chi connectivity index (χ1v) is 6.40. The van der Waals surface area contributed by atoms with Crippen molar-refractivity contribution >= 4 is 11.7 Å². The normalized spacial score (nSPS) is 16.7. The van der Waals surface area contributed by atoms with E-state index in [9.17, 15) is 4.79 Å². The molecule has 0 amide bonds. The lowest BCUT2D eigenvalue weighted by atomic mass is 10.2. The Balaban J connectivity index is 2.00. The Morgan fingerprint density at radius 3 is 2.28 bits per heavy atom. The first-order chi connectivity index (χ1) is 8.74. The highest BCUT2D eigenvalue weighted by molar-refractivity contribution is 5.89. The maximum Gasteiger partial charge on any atom is 0.337 e. The van der Waals surface area contributed by atoms with Gasteiger partial charge in [0.2, 0.25) is 0 Å². The molecule has 18 heavy (non-hydrogen) atoms. The molecule has 0 radical (unpaired) electrons. The van der Waals surface area contributed by atoms with Gasteiger partial charge in [-0.15, -0.1) is 0 Å². The number of ether oxygens (including phenoxy) is 1. The number of hydrogen-bond donors (Lipinski definition) is 0. The van der Waals surface area contributed by atoms with Crippen LogP contribution in [0.5, 0.6) is 0 Å². The fraction of sp³-hybridized carbons (Fsp3) is 0.500. The molecule has 0 bridgehead atoms. The predicted octanol–water partition coefficient (Wildman–Crippen LogP) is 1.62. The Bertz CT molecular complexity index is 395. The molecule has 1 aliphatic rings. The van der Waals surface area contributed by atoms with E-state index in [-0.39, 0.29) is 5.97 Å². The van der Waals surface area contributed by atoms with Gasteiger partial charge in [0, 0.05) is 31.9 Å². The van der Waals surface area contributed by atoms with Crippen LogP contribution in [-0.4, -0.2) is 50.7 Å². The summed E-state index contributed by atoms with van der Waals surface area (Å²) in [5, 5.41) is 0. The molecule has 0 aliphatic carbocycles. The highest BCUT2D eigenvalue weighted by Gasteiger charge is 2.16. The molecule has 1 heterocycles. The molecule has 0 atom stereocenters. The number of rotatable bonds is 3. The van der Waals surface area contributed by atoms with Crippen LogP contribution in [0, 0.1) is 0 Å². The summed E-state index contributed by atoms with van der Waals surface area (Å²) >= 11 is 0. The number of benzene rings is 1. The van der Waals surface area contributed by atoms with Gasteiger partial charge in [0.05, 0.1) is 12.7 Å². The van der Waals surface area contributed by atoms with E-state index >= 15 is 0 Å². The number of carbonyl (C=O) groups excluding carboxylic acids is 1. The van der Waals surface area contributed by atoms with Gasteiger partial charge < -0.3 is 14.5 Å². The molecule has 1 aromatic rings. The van der Waals surface area contributed by atoms with Crippen LogP contribution in [-0.2, 0) is 4.74 Å². The summed E-state index contributed by atoms with van der Waals surface area (Å²) in [5.74, 6) is -0.280. The van der Waals surface area contributed by atoms with Gasteiger partial charge in [0.1, 0.15) is 0 Å². The van der Waals surface area contributed by atoms with Crippen molar-refractivity contribution in [1.29, 1.82) is 0 Å². The molecular formula is C14H20N2O2. The number of esters is 1. The molecule has 0 saturated carbocycles. The van der Waals surface area contributed by atoms with Crippen molar-refractivity contribution in [1.82, 2.24) is 4.90 Å². The third-order valence-corrected chi connectivity index (χ3v) is 3.47. The summed E-state index contributed by atoms with van der Waals surface area (Å²) in [5.41, 5.74) is 1.78. The molecule has 1 aromatic carbocycles. The standard InChI is InChI=1S/C14H20N2O2/c1-3-15-8-10-16(11-9-15)13-6-4-12(5-7-13)14(17)18-2/h4-7H,3,8-11H2,1-2H3. The molecule has 0 aromatic heterocycles. The van der Waals surface area contributed by atoms with E-state index in [0.717, 1.165) is 32.7 Å². The Hall–Kier alpha value is -1.55. The first kappa shape index (κ1) is 12.9. The topological polar surface area (TPSA) is 32.8 Å². The van der Waals surface area contributed by atoms with Gasteiger partial charge in [-0.2, -0.15) is 0 Å². The minimum absolute atomic E-state index is 0.280. The van der Waals surface area contributed by atoms with Crippen LogP contribution in [0.3, 0.4) is 0 Å². The number of anilines is 1. The van der Waals surface area contributed by atoms with E-state index in [4.69, 9.17) is 4.74 Å². The lowest BCUT2D eigenvalue weighted by molar-refractivity contribution is 0.0601. The molecule has 2 rings (SSSR count). The lowest BCUT2D eigenvalue weighted by Crippen LogP contribution is -2.46. The average molecular weight is 248 g/mol. The maximum atomic E-state index is 11.3. The van der Waals surface area contributed by atoms with E-state index in [1.807, 2.05) is 24.3 Å². The highest BCUT2D eigenvalue weighted by atomic mass is 16.5. The van der Waals surface area contributed by atoms with Gasteiger partial charge in [-0.3, -0.25) is 0 Å². The summed E-state index contributed by atoms with van der Waals surface area (Å²) in [6.45, 7) is 7.62. The molecular weight excluding hydrogens is 228 g/mol. The Kier molecular flexibility index (Phi) is 4.20. The van der Waals surface area contributed by atoms with E-state index in [0.29, 0.717) is 5.56 Å². The van der Waals surface area contributed by atoms with Crippen LogP contribution in [0.4, 0.5) is 5.69 Å². The minimum atomic E-state index is -0.280. The second-order valence-corrected chi connectivity index (χ2v) is 4.46. The molecule has 1 saturated heterocycles. The average Bonchev–Trinajstić information content (AvgIpc) is 2.47. The van der Waals surface area contributed by atoms with Crippen LogP contribution in [0.1, 0.15) is 17.3 Å². The molecule has 4 nitrogen and oxygen atoms in total. The zero-order valence-corrected chi connectivity index (χ0v) is 11.1. The number of likely N-dealkylation sites (N-methyl/N-ethyl adjacent to an activating group) is 1. The number of piperazine rings is 1. The van der Waals surface area contributed by atoms with Crippen molar-refractivity contribution in [2.45, 2.75) is 6.92 Å². The van der Waals surface area contributed by atoms with Gasteiger partial charge >= 0.3 is 5.97 Å². The van der Waals surface area contributed by atoms with Gasteiger partial charge in [0.15, 0.2) is 0 Å². The van der Waals surface area contributed by atoms with E-state index in [2.05, 4.69) is 16.7 Å². The van der Waals surface area contributed by atoms with Gasteiger partial charge in [-0.25, -0.2) is 4.79 Å². The second-order valence-electron chi connectivity index (χ2n) is 4.46. The molecule has 4 heteroatoms. The van der Waals surface area contributed by atoms with Crippen molar-refractivity contribution in [3.8, 4) is 0 Å². The van der Waals surface area contributed by atoms with Gasteiger partial charge in [0.25, 0.3) is 0 Å². The van der Waals surface area contributed by atoms with Gasteiger partial charge in [-0.1, -0.05) is 6.92 Å². The number of methoxy groups -OCH3 is 1. The van der Waals surface area contributed by atoms with Crippen molar-refractivity contribution in [3.05, 3.63) is 29.8 Å². The molecule has 0 N–H and O–H groups in total. The number of nitrogens with zero attached hydrogens (tertiary/aromatic N) is 2. The second kappa shape index (κ2) is 5.87. The smallest absolute Gasteiger partial charge is 0.337 e. The molecule has 0 unspecified atom stereocenters. The number of hydrogen-bond acceptors (Lipinski definition) is 4. The highest BCUT2D eigenvalue weighted by Crippen LogP contribution is 2.17. The first-order valence-electron chi connectivity index (χ1n) is 6.40. The van der Waals surface area contributed by atoms with Crippen LogP contribution in [0.15, 0.2) is 24.3 Å². The predicted molar refractivity (Wildman–Crippen MR) is 72.1 cm³/mol. The van der Waals surface area contributed by atoms with Crippen LogP contribution < -0.4 is 4.90 Å². The van der Waals surface area contributed by atoms with Crippen molar-refractivity contribution < 1.29 is 9.53 Å². The van der Waals surface area contributed by atoms with Gasteiger partial charge in [-0.05, 0) is 30.8 Å². The van der Waals surface area contributed by atoms with Crippen LogP contribution >= 0.6 is 0 Å². The van der Waals surface area contributed by atoms with Crippen LogP contribution in [0.25, 0.3) is 0 Å². The summed E-state index contributed by atoms with van der Waals surface area (Å²) in [4.78, 5) is 16.1. The lowest BCUT2D eigenvalue weighted by Gasteiger charge is -2.35. The SMILES string of the molecule is CCN1CCN(c2ccc(C(=O)OC)cc2)CC1. The fourth-order valence-corrected chi connectivity index (χ4v) is 2.25. The Labute approximate surface area is 108 Å². The third-order valence-electron chi connectivity index (χ3n) is 3.47. The monoisotopic (exact) mass is 248 g/mol. The molecule has 98 valence electrons. The van der Waals surface area contributed by atoms with Crippen molar-refractivity contribution in [2.75, 3.05) is 44.7 Å². The van der Waals surface area contributed by atoms with E-state index in [1.165, 1.54) is 12.8 Å². The summed E-state index contributed by atoms with van der Waals surface area (Å²) < 4.78 is 4.69. The maximum absolute atomic E-state index is 11.3. The Morgan fingerprint density at radius 1 is 1.17 bits per heavy atom. The quantitative estimate of drug-likeness (QED) is 0.761. The molecule has 1 aliphatic heterocycles. The third kappa shape index (κ3) is 2.82. The van der Waals surface area contributed by atoms with Crippen molar-refractivity contribution in [2.24, 2.45) is 0 Å². The summed E-state index contributed by atoms with van der Waals surface area (Å²) in [6.07, 6.45) is 0. The summed E-state index contributed by atoms with van der Waals surface area (Å²) in [7, 11) is 1.40. The van der Waals surface area contributed by atoms with E-state index in [1.54, 1.807) is 0 Å². The van der Waals surface area contributed by atoms with Crippen LogP contribution in [0.2, 0.25) is 0 Å². The Morgan fingerprint density at radius 2 is 1.78 bits per heavy atom. The largest absolute Gasteiger partial charge is 0.465 e. The zero-order chi connectivity index (χ0) is 13.0. The molecule has 0 spiro atoms. The number of carbonyl (C=O) groups is 1. The fourth-order valence-electron chi connectivity index (χ4n) is 2.25. The van der Waals surface area contributed by atoms with Crippen molar-refractivity contribution in [3.63, 3.8) is 0 Å². The molecule has 1 fully saturated rings.